The number of hydrogen-bond acceptors (Lipinski definition) is 3. The van der Waals surface area contributed by atoms with Gasteiger partial charge in [-0.15, -0.1) is 30.5 Å². The molecule has 76 valence electrons. The summed E-state index contributed by atoms with van der Waals surface area (Å²) < 4.78 is 0. The van der Waals surface area contributed by atoms with E-state index in [4.69, 9.17) is 0 Å². The van der Waals surface area contributed by atoms with Gasteiger partial charge in [0.25, 0.3) is 5.91 Å². The molecule has 1 N–H and O–H groups in total. The summed E-state index contributed by atoms with van der Waals surface area (Å²) >= 11 is 5.55. The summed E-state index contributed by atoms with van der Waals surface area (Å²) in [5.74, 6) is -0.0374. The summed E-state index contributed by atoms with van der Waals surface area (Å²) in [6.07, 6.45) is 2.58. The van der Waals surface area contributed by atoms with Crippen LogP contribution in [0.5, 0.6) is 0 Å². The van der Waals surface area contributed by atoms with Crippen molar-refractivity contribution in [3.63, 3.8) is 0 Å². The van der Waals surface area contributed by atoms with Crippen LogP contribution in [0, 0.1) is 0 Å². The van der Waals surface area contributed by atoms with Crippen LogP contribution in [0.1, 0.15) is 23.0 Å². The molecule has 14 heavy (non-hydrogen) atoms. The fourth-order valence-electron chi connectivity index (χ4n) is 1.05. The lowest BCUT2D eigenvalue weighted by Gasteiger charge is -2.09. The molecule has 0 aliphatic rings. The maximum absolute atomic E-state index is 11.6. The highest BCUT2D eigenvalue weighted by molar-refractivity contribution is 7.80. The molecule has 1 aromatic rings. The van der Waals surface area contributed by atoms with Crippen molar-refractivity contribution < 1.29 is 4.79 Å². The highest BCUT2D eigenvalue weighted by Crippen LogP contribution is 2.17. The molecule has 2 nitrogen and oxygen atoms in total. The first-order valence-electron chi connectivity index (χ1n) is 4.32. The van der Waals surface area contributed by atoms with Gasteiger partial charge in [-0.2, -0.15) is 0 Å². The van der Waals surface area contributed by atoms with E-state index >= 15 is 0 Å². The summed E-state index contributed by atoms with van der Waals surface area (Å²) in [6.45, 7) is 5.58. The molecule has 1 heterocycles. The maximum atomic E-state index is 11.6. The highest BCUT2D eigenvalue weighted by Gasteiger charge is 2.10. The highest BCUT2D eigenvalue weighted by atomic mass is 32.1. The number of thiophene rings is 1. The van der Waals surface area contributed by atoms with Gasteiger partial charge in [-0.05, 0) is 19.4 Å². The molecule has 1 unspecified atom stereocenters. The van der Waals surface area contributed by atoms with E-state index < -0.39 is 0 Å². The Labute approximate surface area is 93.4 Å². The monoisotopic (exact) mass is 227 g/mol. The number of amides is 1. The minimum absolute atomic E-state index is 0.0374. The Bertz CT molecular complexity index is 333. The van der Waals surface area contributed by atoms with Gasteiger partial charge >= 0.3 is 0 Å². The summed E-state index contributed by atoms with van der Waals surface area (Å²) in [5.41, 5.74) is 0. The molecule has 1 amide bonds. The van der Waals surface area contributed by atoms with E-state index in [0.717, 1.165) is 11.3 Å². The van der Waals surface area contributed by atoms with Crippen LogP contribution in [0.15, 0.2) is 29.0 Å². The molecule has 0 spiro atoms. The molecule has 4 heteroatoms. The van der Waals surface area contributed by atoms with E-state index in [1.54, 1.807) is 12.1 Å². The molecule has 1 aromatic heterocycles. The fourth-order valence-corrected chi connectivity index (χ4v) is 2.10. The molecule has 1 rings (SSSR count). The van der Waals surface area contributed by atoms with Gasteiger partial charge in [0.2, 0.25) is 0 Å². The van der Waals surface area contributed by atoms with Crippen LogP contribution in [0.2, 0.25) is 0 Å². The van der Waals surface area contributed by atoms with Crippen molar-refractivity contribution in [2.24, 2.45) is 0 Å². The zero-order chi connectivity index (χ0) is 10.6. The SMILES string of the molecule is C=CCC(C)NC(=O)c1cc(S)cs1. The zero-order valence-corrected chi connectivity index (χ0v) is 9.70. The third-order valence-corrected chi connectivity index (χ3v) is 3.07. The molecule has 0 aromatic carbocycles. The quantitative estimate of drug-likeness (QED) is 0.601. The van der Waals surface area contributed by atoms with Crippen molar-refractivity contribution in [1.82, 2.24) is 5.32 Å². The lowest BCUT2D eigenvalue weighted by Crippen LogP contribution is -2.31. The summed E-state index contributed by atoms with van der Waals surface area (Å²) in [7, 11) is 0. The third-order valence-electron chi connectivity index (χ3n) is 1.71. The van der Waals surface area contributed by atoms with Gasteiger partial charge in [-0.1, -0.05) is 6.08 Å². The Morgan fingerprint density at radius 3 is 3.07 bits per heavy atom. The third kappa shape index (κ3) is 3.20. The van der Waals surface area contributed by atoms with Crippen molar-refractivity contribution in [2.45, 2.75) is 24.3 Å². The van der Waals surface area contributed by atoms with E-state index in [-0.39, 0.29) is 11.9 Å². The van der Waals surface area contributed by atoms with Crippen LogP contribution in [0.4, 0.5) is 0 Å². The first kappa shape index (κ1) is 11.3. The Morgan fingerprint density at radius 1 is 1.86 bits per heavy atom. The predicted octanol–water partition coefficient (Wildman–Crippen LogP) is 2.73. The zero-order valence-electron chi connectivity index (χ0n) is 7.99. The first-order valence-corrected chi connectivity index (χ1v) is 5.65. The topological polar surface area (TPSA) is 29.1 Å². The van der Waals surface area contributed by atoms with E-state index in [2.05, 4.69) is 24.5 Å². The molecule has 0 saturated carbocycles. The van der Waals surface area contributed by atoms with Gasteiger partial charge in [0.1, 0.15) is 0 Å². The first-order chi connectivity index (χ1) is 6.63. The molecule has 0 fully saturated rings. The predicted molar refractivity (Wildman–Crippen MR) is 63.3 cm³/mol. The van der Waals surface area contributed by atoms with Crippen LogP contribution < -0.4 is 5.32 Å². The van der Waals surface area contributed by atoms with Crippen molar-refractivity contribution >= 4 is 29.9 Å². The molecular formula is C10H13NOS2. The molecular weight excluding hydrogens is 214 g/mol. The summed E-state index contributed by atoms with van der Waals surface area (Å²) in [4.78, 5) is 13.1. The van der Waals surface area contributed by atoms with Gasteiger partial charge in [0.15, 0.2) is 0 Å². The van der Waals surface area contributed by atoms with Crippen molar-refractivity contribution in [2.75, 3.05) is 0 Å². The standard InChI is InChI=1S/C10H13NOS2/c1-3-4-7(2)11-10(12)9-5-8(13)6-14-9/h3,5-7,13H,1,4H2,2H3,(H,11,12). The van der Waals surface area contributed by atoms with Crippen LogP contribution in [-0.2, 0) is 0 Å². The van der Waals surface area contributed by atoms with E-state index in [1.807, 2.05) is 12.3 Å². The average molecular weight is 227 g/mol. The lowest BCUT2D eigenvalue weighted by molar-refractivity contribution is 0.0944. The molecule has 0 radical (unpaired) electrons. The number of nitrogens with one attached hydrogen (secondary N) is 1. The number of hydrogen-bond donors (Lipinski definition) is 2. The van der Waals surface area contributed by atoms with Crippen molar-refractivity contribution in [1.29, 1.82) is 0 Å². The minimum Gasteiger partial charge on any atom is -0.349 e. The van der Waals surface area contributed by atoms with Crippen LogP contribution in [0.25, 0.3) is 0 Å². The minimum atomic E-state index is -0.0374. The molecule has 0 aliphatic carbocycles. The Kier molecular flexibility index (Phi) is 4.22. The maximum Gasteiger partial charge on any atom is 0.261 e. The second-order valence-corrected chi connectivity index (χ2v) is 4.50. The summed E-state index contributed by atoms with van der Waals surface area (Å²) in [5, 5.41) is 4.72. The molecule has 0 bridgehead atoms. The largest absolute Gasteiger partial charge is 0.349 e. The van der Waals surface area contributed by atoms with E-state index in [1.165, 1.54) is 11.3 Å². The second-order valence-electron chi connectivity index (χ2n) is 3.07. The normalized spacial score (nSPS) is 12.1. The average Bonchev–Trinajstić information content (AvgIpc) is 2.52. The van der Waals surface area contributed by atoms with E-state index in [9.17, 15) is 4.79 Å². The van der Waals surface area contributed by atoms with Crippen LogP contribution >= 0.6 is 24.0 Å². The molecule has 1 atom stereocenters. The lowest BCUT2D eigenvalue weighted by atomic mass is 10.2. The number of rotatable bonds is 4. The summed E-state index contributed by atoms with van der Waals surface area (Å²) in [6, 6.07) is 1.90. The van der Waals surface area contributed by atoms with E-state index in [0.29, 0.717) is 4.88 Å². The Hall–Kier alpha value is -0.740. The number of thiol groups is 1. The van der Waals surface area contributed by atoms with Gasteiger partial charge < -0.3 is 5.32 Å². The number of carbonyl (C=O) groups excluding carboxylic acids is 1. The van der Waals surface area contributed by atoms with Gasteiger partial charge in [-0.25, -0.2) is 0 Å². The Balaban J connectivity index is 2.54. The van der Waals surface area contributed by atoms with Gasteiger partial charge in [0, 0.05) is 16.3 Å². The van der Waals surface area contributed by atoms with Crippen LogP contribution in [-0.4, -0.2) is 11.9 Å². The van der Waals surface area contributed by atoms with Gasteiger partial charge in [0.05, 0.1) is 4.88 Å². The second kappa shape index (κ2) is 5.22. The van der Waals surface area contributed by atoms with Crippen molar-refractivity contribution in [3.8, 4) is 0 Å². The molecule has 0 aliphatic heterocycles. The molecule has 0 saturated heterocycles. The van der Waals surface area contributed by atoms with Crippen molar-refractivity contribution in [3.05, 3.63) is 29.0 Å². The van der Waals surface area contributed by atoms with Crippen LogP contribution in [0.3, 0.4) is 0 Å². The number of carbonyl (C=O) groups is 1. The van der Waals surface area contributed by atoms with Gasteiger partial charge in [-0.3, -0.25) is 4.79 Å². The Morgan fingerprint density at radius 2 is 2.57 bits per heavy atom. The fraction of sp³-hybridized carbons (Fsp3) is 0.300. The smallest absolute Gasteiger partial charge is 0.261 e.